The molecule has 0 saturated carbocycles. The zero-order valence-corrected chi connectivity index (χ0v) is 11.6. The first-order valence-electron chi connectivity index (χ1n) is 6.45. The van der Waals surface area contributed by atoms with E-state index in [9.17, 15) is 9.59 Å². The van der Waals surface area contributed by atoms with Crippen molar-refractivity contribution in [2.24, 2.45) is 5.92 Å². The second-order valence-electron chi connectivity index (χ2n) is 5.03. The summed E-state index contributed by atoms with van der Waals surface area (Å²) < 4.78 is 4.71. The van der Waals surface area contributed by atoms with E-state index in [1.807, 2.05) is 19.9 Å². The molecule has 1 unspecified atom stereocenters. The highest BCUT2D eigenvalue weighted by atomic mass is 16.5. The summed E-state index contributed by atoms with van der Waals surface area (Å²) in [5.41, 5.74) is 3.46. The number of Topliss-reactive ketones (excluding diaryl/α,β-unsaturated/α-hetero) is 1. The SMILES string of the molecule is COC(=O)C1CN(c2ccc(C)cc2C)CCC1=O. The van der Waals surface area contributed by atoms with Gasteiger partial charge in [0.05, 0.1) is 7.11 Å². The molecule has 0 aliphatic carbocycles. The molecule has 1 fully saturated rings. The molecule has 1 aliphatic heterocycles. The maximum atomic E-state index is 11.8. The summed E-state index contributed by atoms with van der Waals surface area (Å²) in [5.74, 6) is -1.10. The lowest BCUT2D eigenvalue weighted by Crippen LogP contribution is -2.45. The number of methoxy groups -OCH3 is 1. The van der Waals surface area contributed by atoms with Crippen molar-refractivity contribution in [2.75, 3.05) is 25.1 Å². The summed E-state index contributed by atoms with van der Waals surface area (Å²) in [6, 6.07) is 6.21. The van der Waals surface area contributed by atoms with Crippen molar-refractivity contribution in [3.05, 3.63) is 29.3 Å². The monoisotopic (exact) mass is 261 g/mol. The van der Waals surface area contributed by atoms with Crippen molar-refractivity contribution in [2.45, 2.75) is 20.3 Å². The number of carbonyl (C=O) groups excluding carboxylic acids is 2. The summed E-state index contributed by atoms with van der Waals surface area (Å²) in [5, 5.41) is 0. The number of hydrogen-bond donors (Lipinski definition) is 0. The number of carbonyl (C=O) groups is 2. The standard InChI is InChI=1S/C15H19NO3/c1-10-4-5-13(11(2)8-10)16-7-6-14(17)12(9-16)15(18)19-3/h4-5,8,12H,6-7,9H2,1-3H3. The van der Waals surface area contributed by atoms with Crippen LogP contribution >= 0.6 is 0 Å². The van der Waals surface area contributed by atoms with Crippen molar-refractivity contribution < 1.29 is 14.3 Å². The van der Waals surface area contributed by atoms with E-state index in [0.29, 0.717) is 19.5 Å². The molecule has 0 spiro atoms. The lowest BCUT2D eigenvalue weighted by Gasteiger charge is -2.33. The van der Waals surface area contributed by atoms with Crippen LogP contribution in [-0.2, 0) is 14.3 Å². The number of esters is 1. The lowest BCUT2D eigenvalue weighted by atomic mass is 9.95. The number of benzene rings is 1. The Morgan fingerprint density at radius 3 is 2.74 bits per heavy atom. The highest BCUT2D eigenvalue weighted by Crippen LogP contribution is 2.26. The molecule has 1 aromatic carbocycles. The van der Waals surface area contributed by atoms with Crippen molar-refractivity contribution in [1.82, 2.24) is 0 Å². The molecule has 1 aliphatic rings. The average Bonchev–Trinajstić information content (AvgIpc) is 2.39. The van der Waals surface area contributed by atoms with Gasteiger partial charge in [-0.3, -0.25) is 9.59 Å². The Labute approximate surface area is 113 Å². The second-order valence-corrected chi connectivity index (χ2v) is 5.03. The van der Waals surface area contributed by atoms with E-state index < -0.39 is 11.9 Å². The third-order valence-electron chi connectivity index (χ3n) is 3.60. The Bertz CT molecular complexity index is 502. The van der Waals surface area contributed by atoms with Crippen LogP contribution in [0.3, 0.4) is 0 Å². The zero-order valence-electron chi connectivity index (χ0n) is 11.6. The van der Waals surface area contributed by atoms with Gasteiger partial charge in [0.2, 0.25) is 0 Å². The molecule has 0 N–H and O–H groups in total. The number of aryl methyl sites for hydroxylation is 2. The molecule has 0 radical (unpaired) electrons. The Morgan fingerprint density at radius 2 is 2.11 bits per heavy atom. The van der Waals surface area contributed by atoms with Gasteiger partial charge in [-0.2, -0.15) is 0 Å². The van der Waals surface area contributed by atoms with E-state index in [0.717, 1.165) is 11.3 Å². The van der Waals surface area contributed by atoms with Crippen LogP contribution in [0.2, 0.25) is 0 Å². The highest BCUT2D eigenvalue weighted by Gasteiger charge is 2.33. The molecule has 4 heteroatoms. The van der Waals surface area contributed by atoms with Crippen LogP contribution < -0.4 is 4.90 Å². The van der Waals surface area contributed by atoms with Crippen molar-refractivity contribution in [1.29, 1.82) is 0 Å². The molecule has 0 amide bonds. The fourth-order valence-electron chi connectivity index (χ4n) is 2.56. The molecule has 2 rings (SSSR count). The largest absolute Gasteiger partial charge is 0.468 e. The van der Waals surface area contributed by atoms with Gasteiger partial charge in [-0.15, -0.1) is 0 Å². The number of ether oxygens (including phenoxy) is 1. The van der Waals surface area contributed by atoms with Crippen LogP contribution in [-0.4, -0.2) is 32.0 Å². The van der Waals surface area contributed by atoms with E-state index in [1.165, 1.54) is 12.7 Å². The lowest BCUT2D eigenvalue weighted by molar-refractivity contribution is -0.149. The van der Waals surface area contributed by atoms with E-state index in [2.05, 4.69) is 17.0 Å². The highest BCUT2D eigenvalue weighted by molar-refractivity contribution is 6.00. The summed E-state index contributed by atoms with van der Waals surface area (Å²) in [7, 11) is 1.33. The second kappa shape index (κ2) is 5.43. The Morgan fingerprint density at radius 1 is 1.37 bits per heavy atom. The topological polar surface area (TPSA) is 46.6 Å². The number of nitrogens with zero attached hydrogens (tertiary/aromatic N) is 1. The van der Waals surface area contributed by atoms with E-state index in [4.69, 9.17) is 4.74 Å². The van der Waals surface area contributed by atoms with Gasteiger partial charge in [-0.1, -0.05) is 17.7 Å². The number of hydrogen-bond acceptors (Lipinski definition) is 4. The molecular formula is C15H19NO3. The van der Waals surface area contributed by atoms with Gasteiger partial charge in [-0.25, -0.2) is 0 Å². The molecule has 1 atom stereocenters. The molecule has 0 bridgehead atoms. The Kier molecular flexibility index (Phi) is 3.88. The fraction of sp³-hybridized carbons (Fsp3) is 0.467. The third-order valence-corrected chi connectivity index (χ3v) is 3.60. The predicted octanol–water partition coefficient (Wildman–Crippen LogP) is 1.87. The minimum absolute atomic E-state index is 0.0205. The van der Waals surface area contributed by atoms with Gasteiger partial charge in [0.15, 0.2) is 5.78 Å². The molecule has 4 nitrogen and oxygen atoms in total. The van der Waals surface area contributed by atoms with Gasteiger partial charge >= 0.3 is 5.97 Å². The molecule has 102 valence electrons. The minimum Gasteiger partial charge on any atom is -0.468 e. The van der Waals surface area contributed by atoms with E-state index in [-0.39, 0.29) is 5.78 Å². The van der Waals surface area contributed by atoms with Gasteiger partial charge < -0.3 is 9.64 Å². The van der Waals surface area contributed by atoms with Crippen LogP contribution in [0.4, 0.5) is 5.69 Å². The van der Waals surface area contributed by atoms with Crippen LogP contribution in [0.5, 0.6) is 0 Å². The van der Waals surface area contributed by atoms with Crippen molar-refractivity contribution in [3.63, 3.8) is 0 Å². The maximum absolute atomic E-state index is 11.8. The number of rotatable bonds is 2. The molecule has 19 heavy (non-hydrogen) atoms. The summed E-state index contributed by atoms with van der Waals surface area (Å²) >= 11 is 0. The normalized spacial score (nSPS) is 19.4. The Balaban J connectivity index is 2.22. The van der Waals surface area contributed by atoms with Gasteiger partial charge in [-0.05, 0) is 25.5 Å². The quantitative estimate of drug-likeness (QED) is 0.602. The number of ketones is 1. The number of piperidine rings is 1. The number of anilines is 1. The third kappa shape index (κ3) is 2.78. The van der Waals surface area contributed by atoms with Crippen molar-refractivity contribution >= 4 is 17.4 Å². The fourth-order valence-corrected chi connectivity index (χ4v) is 2.56. The first kappa shape index (κ1) is 13.6. The Hall–Kier alpha value is -1.84. The minimum atomic E-state index is -0.653. The molecule has 1 aromatic rings. The molecule has 1 saturated heterocycles. The zero-order chi connectivity index (χ0) is 14.0. The van der Waals surface area contributed by atoms with Crippen LogP contribution in [0.1, 0.15) is 17.5 Å². The van der Waals surface area contributed by atoms with E-state index >= 15 is 0 Å². The predicted molar refractivity (Wildman–Crippen MR) is 73.3 cm³/mol. The van der Waals surface area contributed by atoms with Gasteiger partial charge in [0.25, 0.3) is 0 Å². The molecular weight excluding hydrogens is 242 g/mol. The molecule has 0 aromatic heterocycles. The van der Waals surface area contributed by atoms with Gasteiger partial charge in [0, 0.05) is 25.2 Å². The maximum Gasteiger partial charge on any atom is 0.318 e. The summed E-state index contributed by atoms with van der Waals surface area (Å²) in [6.07, 6.45) is 0.396. The van der Waals surface area contributed by atoms with Crippen LogP contribution in [0, 0.1) is 19.8 Å². The smallest absolute Gasteiger partial charge is 0.318 e. The van der Waals surface area contributed by atoms with Crippen molar-refractivity contribution in [3.8, 4) is 0 Å². The summed E-state index contributed by atoms with van der Waals surface area (Å²) in [4.78, 5) is 25.5. The van der Waals surface area contributed by atoms with Crippen LogP contribution in [0.25, 0.3) is 0 Å². The average molecular weight is 261 g/mol. The first-order valence-corrected chi connectivity index (χ1v) is 6.45. The van der Waals surface area contributed by atoms with E-state index in [1.54, 1.807) is 0 Å². The van der Waals surface area contributed by atoms with Gasteiger partial charge in [0.1, 0.15) is 5.92 Å². The van der Waals surface area contributed by atoms with Crippen LogP contribution in [0.15, 0.2) is 18.2 Å². The first-order chi connectivity index (χ1) is 9.02. The molecule has 1 heterocycles. The summed E-state index contributed by atoms with van der Waals surface area (Å²) in [6.45, 7) is 5.17.